The van der Waals surface area contributed by atoms with Gasteiger partial charge in [-0.2, -0.15) is 0 Å². The van der Waals surface area contributed by atoms with Crippen molar-refractivity contribution in [3.8, 4) is 0 Å². The number of allylic oxidation sites excluding steroid dienone is 2. The van der Waals surface area contributed by atoms with Gasteiger partial charge in [-0.05, 0) is 44.2 Å². The molecule has 0 spiro atoms. The number of benzene rings is 1. The molecule has 1 aromatic carbocycles. The van der Waals surface area contributed by atoms with Gasteiger partial charge in [0.2, 0.25) is 5.89 Å². The molecule has 1 N–H and O–H groups in total. The van der Waals surface area contributed by atoms with Crippen molar-refractivity contribution in [2.45, 2.75) is 38.6 Å². The van der Waals surface area contributed by atoms with Gasteiger partial charge in [-0.3, -0.25) is 9.78 Å². The third kappa shape index (κ3) is 3.25. The van der Waals surface area contributed by atoms with E-state index in [2.05, 4.69) is 27.4 Å². The molecule has 1 amide bonds. The number of hydrogen-bond acceptors (Lipinski definition) is 4. The van der Waals surface area contributed by atoms with Crippen molar-refractivity contribution in [3.63, 3.8) is 0 Å². The van der Waals surface area contributed by atoms with Crippen LogP contribution in [0.15, 0.2) is 53.4 Å². The molecule has 2 heterocycles. The van der Waals surface area contributed by atoms with Crippen molar-refractivity contribution >= 4 is 22.4 Å². The van der Waals surface area contributed by atoms with Gasteiger partial charge in [-0.1, -0.05) is 24.3 Å². The maximum atomic E-state index is 12.5. The maximum Gasteiger partial charge on any atom is 0.253 e. The first-order valence-electron chi connectivity index (χ1n) is 9.01. The van der Waals surface area contributed by atoms with Gasteiger partial charge in [0.25, 0.3) is 5.91 Å². The van der Waals surface area contributed by atoms with Crippen LogP contribution >= 0.6 is 0 Å². The molecule has 0 bridgehead atoms. The SMILES string of the molecule is CC(NC(=O)c1cnc2c(C3=CCCCC3)cccc2c1)c1ncco1. The van der Waals surface area contributed by atoms with Crippen molar-refractivity contribution in [3.05, 3.63) is 66.0 Å². The number of aromatic nitrogens is 2. The van der Waals surface area contributed by atoms with Crippen LogP contribution in [0.3, 0.4) is 0 Å². The average Bonchev–Trinajstić information content (AvgIpc) is 3.22. The second-order valence-corrected chi connectivity index (χ2v) is 6.64. The molecule has 3 aromatic rings. The highest BCUT2D eigenvalue weighted by Gasteiger charge is 2.16. The molecule has 132 valence electrons. The van der Waals surface area contributed by atoms with Crippen LogP contribution in [-0.2, 0) is 0 Å². The smallest absolute Gasteiger partial charge is 0.253 e. The van der Waals surface area contributed by atoms with Crippen molar-refractivity contribution in [1.82, 2.24) is 15.3 Å². The zero-order valence-corrected chi connectivity index (χ0v) is 14.7. The van der Waals surface area contributed by atoms with E-state index in [9.17, 15) is 4.79 Å². The molecule has 1 aliphatic rings. The quantitative estimate of drug-likeness (QED) is 0.744. The summed E-state index contributed by atoms with van der Waals surface area (Å²) in [6.45, 7) is 1.84. The highest BCUT2D eigenvalue weighted by molar-refractivity contribution is 5.99. The molecule has 1 aliphatic carbocycles. The van der Waals surface area contributed by atoms with Crippen LogP contribution in [0.4, 0.5) is 0 Å². The summed E-state index contributed by atoms with van der Waals surface area (Å²) >= 11 is 0. The van der Waals surface area contributed by atoms with Crippen molar-refractivity contribution in [1.29, 1.82) is 0 Å². The number of amides is 1. The second kappa shape index (κ2) is 7.12. The number of para-hydroxylation sites is 1. The van der Waals surface area contributed by atoms with E-state index in [-0.39, 0.29) is 11.9 Å². The van der Waals surface area contributed by atoms with E-state index in [1.54, 1.807) is 12.4 Å². The number of nitrogens with one attached hydrogen (secondary N) is 1. The Balaban J connectivity index is 1.61. The Morgan fingerprint density at radius 2 is 2.19 bits per heavy atom. The molecule has 5 nitrogen and oxygen atoms in total. The molecule has 0 radical (unpaired) electrons. The third-order valence-electron chi connectivity index (χ3n) is 4.78. The van der Waals surface area contributed by atoms with Gasteiger partial charge in [0.1, 0.15) is 12.3 Å². The van der Waals surface area contributed by atoms with Crippen LogP contribution in [0.1, 0.15) is 60.5 Å². The lowest BCUT2D eigenvalue weighted by Gasteiger charge is -2.15. The summed E-state index contributed by atoms with van der Waals surface area (Å²) in [6, 6.07) is 7.76. The molecule has 5 heteroatoms. The summed E-state index contributed by atoms with van der Waals surface area (Å²) in [4.78, 5) is 21.2. The molecule has 1 atom stereocenters. The Kier molecular flexibility index (Phi) is 4.52. The maximum absolute atomic E-state index is 12.5. The lowest BCUT2D eigenvalue weighted by molar-refractivity contribution is 0.0934. The van der Waals surface area contributed by atoms with E-state index >= 15 is 0 Å². The van der Waals surface area contributed by atoms with Gasteiger partial charge in [0.05, 0.1) is 17.3 Å². The summed E-state index contributed by atoms with van der Waals surface area (Å²) in [7, 11) is 0. The molecule has 26 heavy (non-hydrogen) atoms. The molecule has 0 fully saturated rings. The summed E-state index contributed by atoms with van der Waals surface area (Å²) < 4.78 is 5.24. The number of oxazole rings is 1. The second-order valence-electron chi connectivity index (χ2n) is 6.64. The summed E-state index contributed by atoms with van der Waals surface area (Å²) in [5.74, 6) is 0.297. The number of nitrogens with zero attached hydrogens (tertiary/aromatic N) is 2. The van der Waals surface area contributed by atoms with Crippen molar-refractivity contribution in [2.75, 3.05) is 0 Å². The summed E-state index contributed by atoms with van der Waals surface area (Å²) in [6.07, 6.45) is 11.7. The fraction of sp³-hybridized carbons (Fsp3) is 0.286. The minimum Gasteiger partial charge on any atom is -0.447 e. The number of carbonyl (C=O) groups is 1. The molecule has 0 aliphatic heterocycles. The summed E-state index contributed by atoms with van der Waals surface area (Å²) in [5.41, 5.74) is 4.04. The van der Waals surface area contributed by atoms with E-state index < -0.39 is 0 Å². The van der Waals surface area contributed by atoms with Gasteiger partial charge >= 0.3 is 0 Å². The van der Waals surface area contributed by atoms with Crippen LogP contribution in [0.5, 0.6) is 0 Å². The molecule has 0 saturated heterocycles. The largest absolute Gasteiger partial charge is 0.447 e. The number of carbonyl (C=O) groups excluding carboxylic acids is 1. The first kappa shape index (κ1) is 16.5. The molecule has 0 saturated carbocycles. The molecular weight excluding hydrogens is 326 g/mol. The number of pyridine rings is 1. The lowest BCUT2D eigenvalue weighted by atomic mass is 9.92. The van der Waals surface area contributed by atoms with E-state index in [1.165, 1.54) is 30.2 Å². The third-order valence-corrected chi connectivity index (χ3v) is 4.78. The van der Waals surface area contributed by atoms with Crippen LogP contribution in [0.25, 0.3) is 16.5 Å². The first-order chi connectivity index (χ1) is 12.7. The Bertz CT molecular complexity index is 961. The standard InChI is InChI=1S/C21H21N3O2/c1-14(21-22-10-11-26-21)24-20(25)17-12-16-8-5-9-18(19(16)23-13-17)15-6-3-2-4-7-15/h5-6,8-14H,2-4,7H2,1H3,(H,24,25). The van der Waals surface area contributed by atoms with Gasteiger partial charge in [0.15, 0.2) is 0 Å². The van der Waals surface area contributed by atoms with Gasteiger partial charge < -0.3 is 9.73 Å². The Labute approximate surface area is 152 Å². The number of rotatable bonds is 4. The predicted molar refractivity (Wildman–Crippen MR) is 101 cm³/mol. The van der Waals surface area contributed by atoms with Gasteiger partial charge in [-0.15, -0.1) is 0 Å². The molecule has 4 rings (SSSR count). The van der Waals surface area contributed by atoms with E-state index in [1.807, 2.05) is 25.1 Å². The van der Waals surface area contributed by atoms with Crippen LogP contribution in [0.2, 0.25) is 0 Å². The highest BCUT2D eigenvalue weighted by atomic mass is 16.3. The minimum atomic E-state index is -0.299. The Morgan fingerprint density at radius 1 is 1.27 bits per heavy atom. The topological polar surface area (TPSA) is 68.0 Å². The fourth-order valence-electron chi connectivity index (χ4n) is 3.42. The van der Waals surface area contributed by atoms with Gasteiger partial charge in [-0.25, -0.2) is 4.98 Å². The molecule has 2 aromatic heterocycles. The Hall–Kier alpha value is -2.95. The fourth-order valence-corrected chi connectivity index (χ4v) is 3.42. The number of hydrogen-bond donors (Lipinski definition) is 1. The zero-order valence-electron chi connectivity index (χ0n) is 14.7. The molecular formula is C21H21N3O2. The van der Waals surface area contributed by atoms with Crippen molar-refractivity contribution in [2.24, 2.45) is 0 Å². The average molecular weight is 347 g/mol. The summed E-state index contributed by atoms with van der Waals surface area (Å²) in [5, 5.41) is 3.87. The monoisotopic (exact) mass is 347 g/mol. The highest BCUT2D eigenvalue weighted by Crippen LogP contribution is 2.31. The van der Waals surface area contributed by atoms with E-state index in [0.29, 0.717) is 11.5 Å². The minimum absolute atomic E-state index is 0.188. The van der Waals surface area contributed by atoms with E-state index in [4.69, 9.17) is 4.42 Å². The first-order valence-corrected chi connectivity index (χ1v) is 9.01. The zero-order chi connectivity index (χ0) is 17.9. The van der Waals surface area contributed by atoms with Crippen LogP contribution in [-0.4, -0.2) is 15.9 Å². The number of fused-ring (bicyclic) bond motifs is 1. The Morgan fingerprint density at radius 3 is 2.96 bits per heavy atom. The predicted octanol–water partition coefficient (Wildman–Crippen LogP) is 4.67. The lowest BCUT2D eigenvalue weighted by Crippen LogP contribution is -2.26. The van der Waals surface area contributed by atoms with Crippen molar-refractivity contribution < 1.29 is 9.21 Å². The normalized spacial score (nSPS) is 15.5. The van der Waals surface area contributed by atoms with Crippen LogP contribution in [0, 0.1) is 0 Å². The molecule has 1 unspecified atom stereocenters. The van der Waals surface area contributed by atoms with E-state index in [0.717, 1.165) is 23.7 Å². The van der Waals surface area contributed by atoms with Gasteiger partial charge in [0, 0.05) is 17.1 Å². The van der Waals surface area contributed by atoms with Crippen LogP contribution < -0.4 is 5.32 Å².